The van der Waals surface area contributed by atoms with E-state index in [4.69, 9.17) is 4.79 Å². The van der Waals surface area contributed by atoms with E-state index in [-0.39, 0.29) is 34.5 Å². The van der Waals surface area contributed by atoms with E-state index in [0.29, 0.717) is 11.8 Å². The second-order valence-electron chi connectivity index (χ2n) is 10.7. The molecule has 0 saturated heterocycles. The molecule has 39 heavy (non-hydrogen) atoms. The molecule has 0 aromatic heterocycles. The van der Waals surface area contributed by atoms with Crippen LogP contribution in [0.4, 0.5) is 0 Å². The number of hydrogen-bond acceptors (Lipinski definition) is 4. The molecule has 2 rings (SSSR count). The van der Waals surface area contributed by atoms with Gasteiger partial charge in [0, 0.05) is 0 Å². The summed E-state index contributed by atoms with van der Waals surface area (Å²) in [6.07, 6.45) is 23.9. The van der Waals surface area contributed by atoms with Crippen molar-refractivity contribution in [2.45, 2.75) is 147 Å². The molecule has 6 heteroatoms. The van der Waals surface area contributed by atoms with Gasteiger partial charge in [-0.25, -0.2) is 8.42 Å². The van der Waals surface area contributed by atoms with Gasteiger partial charge in [0.05, 0.1) is 4.90 Å². The largest absolute Gasteiger partial charge is 1.00 e. The third-order valence-electron chi connectivity index (χ3n) is 7.53. The van der Waals surface area contributed by atoms with E-state index >= 15 is 0 Å². The van der Waals surface area contributed by atoms with Crippen molar-refractivity contribution in [2.75, 3.05) is 0 Å². The molecule has 0 fully saturated rings. The van der Waals surface area contributed by atoms with Crippen LogP contribution < -0.4 is 29.6 Å². The van der Waals surface area contributed by atoms with Gasteiger partial charge in [0.25, 0.3) is 0 Å². The number of aryl methyl sites for hydroxylation is 1. The van der Waals surface area contributed by atoms with E-state index in [0.717, 1.165) is 48.6 Å². The van der Waals surface area contributed by atoms with Crippen LogP contribution in [0.25, 0.3) is 10.8 Å². The average molecular weight is 569 g/mol. The average Bonchev–Trinajstić information content (AvgIpc) is 2.91. The fourth-order valence-electron chi connectivity index (χ4n) is 5.43. The Bertz CT molecular complexity index is 991. The van der Waals surface area contributed by atoms with Gasteiger partial charge >= 0.3 is 29.6 Å². The van der Waals surface area contributed by atoms with Gasteiger partial charge in [-0.2, -0.15) is 0 Å². The molecule has 0 N–H and O–H groups in total. The molecule has 4 nitrogen and oxygen atoms in total. The van der Waals surface area contributed by atoms with Gasteiger partial charge in [-0.15, -0.1) is 0 Å². The first-order valence-corrected chi connectivity index (χ1v) is 16.7. The van der Waals surface area contributed by atoms with Crippen molar-refractivity contribution in [1.82, 2.24) is 0 Å². The van der Waals surface area contributed by atoms with Crippen LogP contribution in [0.5, 0.6) is 0 Å². The quantitative estimate of drug-likeness (QED) is 0.0953. The minimum Gasteiger partial charge on any atom is -0.744 e. The molecule has 0 aliphatic rings. The minimum absolute atomic E-state index is 0. The first kappa shape index (κ1) is 38.3. The molecule has 0 saturated carbocycles. The maximum Gasteiger partial charge on any atom is 1.00 e. The predicted molar refractivity (Wildman–Crippen MR) is 161 cm³/mol. The third kappa shape index (κ3) is 15.7. The molecule has 2 aromatic rings. The van der Waals surface area contributed by atoms with Crippen LogP contribution in [0.1, 0.15) is 141 Å². The molecular weight excluding hydrogens is 515 g/mol. The van der Waals surface area contributed by atoms with Crippen LogP contribution in [0, 0.1) is 0 Å². The summed E-state index contributed by atoms with van der Waals surface area (Å²) in [5.41, 5.74) is 1.87. The molecule has 0 aliphatic carbocycles. The SMILES string of the molecule is C=O.CCCCCCCCCCCc1cc2ccccc2c(S(=O)(=O)[O-])c1CCCCCCCCCCC.[Na+]. The number of rotatable bonds is 21. The molecule has 0 amide bonds. The van der Waals surface area contributed by atoms with E-state index in [1.165, 1.54) is 89.9 Å². The topological polar surface area (TPSA) is 74.3 Å². The Morgan fingerprint density at radius 2 is 1.05 bits per heavy atom. The van der Waals surface area contributed by atoms with Crippen molar-refractivity contribution >= 4 is 27.7 Å². The van der Waals surface area contributed by atoms with E-state index < -0.39 is 10.1 Å². The summed E-state index contributed by atoms with van der Waals surface area (Å²) in [4.78, 5) is 8.05. The summed E-state index contributed by atoms with van der Waals surface area (Å²) in [5.74, 6) is 0. The van der Waals surface area contributed by atoms with Crippen molar-refractivity contribution in [2.24, 2.45) is 0 Å². The second kappa shape index (κ2) is 23.9. The molecule has 0 atom stereocenters. The number of fused-ring (bicyclic) bond motifs is 1. The van der Waals surface area contributed by atoms with E-state index in [1.54, 1.807) is 6.07 Å². The van der Waals surface area contributed by atoms with E-state index in [1.807, 2.05) is 25.0 Å². The van der Waals surface area contributed by atoms with E-state index in [2.05, 4.69) is 19.9 Å². The summed E-state index contributed by atoms with van der Waals surface area (Å²) in [7, 11) is -4.54. The molecule has 216 valence electrons. The summed E-state index contributed by atoms with van der Waals surface area (Å²) in [6, 6.07) is 9.64. The molecule has 0 unspecified atom stereocenters. The summed E-state index contributed by atoms with van der Waals surface area (Å²) < 4.78 is 37.3. The fraction of sp³-hybridized carbons (Fsp3) is 0.667. The first-order chi connectivity index (χ1) is 18.5. The van der Waals surface area contributed by atoms with Crippen LogP contribution in [-0.2, 0) is 27.8 Å². The Balaban J connectivity index is 0.00000470. The normalized spacial score (nSPS) is 11.2. The maximum atomic E-state index is 12.4. The first-order valence-electron chi connectivity index (χ1n) is 15.3. The van der Waals surface area contributed by atoms with Crippen LogP contribution in [0.2, 0.25) is 0 Å². The predicted octanol–water partition coefficient (Wildman–Crippen LogP) is 6.71. The van der Waals surface area contributed by atoms with Gasteiger partial charge in [0.1, 0.15) is 16.9 Å². The smallest absolute Gasteiger partial charge is 0.744 e. The molecular formula is C33H53NaO4S. The Morgan fingerprint density at radius 1 is 0.641 bits per heavy atom. The Hall–Kier alpha value is -0.720. The Labute approximate surface area is 262 Å². The van der Waals surface area contributed by atoms with Gasteiger partial charge in [-0.1, -0.05) is 147 Å². The summed E-state index contributed by atoms with van der Waals surface area (Å²) >= 11 is 0. The van der Waals surface area contributed by atoms with Gasteiger partial charge in [-0.05, 0) is 47.6 Å². The van der Waals surface area contributed by atoms with Crippen LogP contribution in [0.3, 0.4) is 0 Å². The number of carbonyl (C=O) groups is 1. The van der Waals surface area contributed by atoms with Crippen molar-refractivity contribution < 1.29 is 47.3 Å². The van der Waals surface area contributed by atoms with Crippen molar-refractivity contribution in [3.63, 3.8) is 0 Å². The molecule has 0 heterocycles. The van der Waals surface area contributed by atoms with Crippen LogP contribution in [-0.4, -0.2) is 19.8 Å². The summed E-state index contributed by atoms with van der Waals surface area (Å²) in [6.45, 7) is 6.49. The van der Waals surface area contributed by atoms with Gasteiger partial charge in [0.15, 0.2) is 0 Å². The van der Waals surface area contributed by atoms with Gasteiger partial charge < -0.3 is 9.35 Å². The molecule has 0 radical (unpaired) electrons. The van der Waals surface area contributed by atoms with Crippen molar-refractivity contribution in [1.29, 1.82) is 0 Å². The zero-order chi connectivity index (χ0) is 28.1. The molecule has 0 spiro atoms. The van der Waals surface area contributed by atoms with E-state index in [9.17, 15) is 13.0 Å². The van der Waals surface area contributed by atoms with Crippen molar-refractivity contribution in [3.05, 3.63) is 41.5 Å². The maximum absolute atomic E-state index is 12.4. The zero-order valence-corrected chi connectivity index (χ0v) is 28.1. The zero-order valence-electron chi connectivity index (χ0n) is 25.3. The fourth-order valence-corrected chi connectivity index (χ4v) is 6.42. The summed E-state index contributed by atoms with van der Waals surface area (Å²) in [5, 5.41) is 1.46. The third-order valence-corrected chi connectivity index (χ3v) is 8.49. The monoisotopic (exact) mass is 568 g/mol. The van der Waals surface area contributed by atoms with Crippen molar-refractivity contribution in [3.8, 4) is 0 Å². The second-order valence-corrected chi connectivity index (χ2v) is 12.0. The van der Waals surface area contributed by atoms with Gasteiger partial charge in [0.2, 0.25) is 0 Å². The minimum atomic E-state index is -4.54. The number of unbranched alkanes of at least 4 members (excludes halogenated alkanes) is 16. The number of benzene rings is 2. The van der Waals surface area contributed by atoms with Crippen LogP contribution in [0.15, 0.2) is 35.2 Å². The van der Waals surface area contributed by atoms with Crippen LogP contribution >= 0.6 is 0 Å². The Morgan fingerprint density at radius 3 is 1.51 bits per heavy atom. The van der Waals surface area contributed by atoms with Gasteiger partial charge in [-0.3, -0.25) is 0 Å². The molecule has 2 aromatic carbocycles. The Kier molecular flexibility index (Phi) is 23.5. The molecule has 0 bridgehead atoms. The standard InChI is InChI=1S/C32H52O3S.CH2O.Na/c1-3-5-7-9-11-13-15-17-19-23-28-27-29-24-21-22-26-31(29)32(36(33,34)35)30(28)25-20-18-16-14-12-10-8-6-4-2;1-2;/h21-22,24,26-27H,3-20,23,25H2,1-2H3,(H,33,34,35);1H2;/q;;+1/p-1. The number of carbonyl (C=O) groups excluding carboxylic acids is 1. The molecule has 0 aliphatic heterocycles. The number of hydrogen-bond donors (Lipinski definition) is 0.